The summed E-state index contributed by atoms with van der Waals surface area (Å²) < 4.78 is 24.5. The molecule has 2 aromatic carbocycles. The van der Waals surface area contributed by atoms with Crippen molar-refractivity contribution in [2.75, 3.05) is 20.8 Å². The van der Waals surface area contributed by atoms with Crippen LogP contribution in [0.25, 0.3) is 0 Å². The number of carbonyl (C=O) groups excluding carboxylic acids is 1. The van der Waals surface area contributed by atoms with Gasteiger partial charge in [0.25, 0.3) is 5.91 Å². The standard InChI is InChI=1S/C23H20ClFN2O3/c1-29-19-11-15-9-10-27(23(28)16-5-8-21(24)26-13-16)22(18(15)12-20(19)30-2)14-3-6-17(25)7-4-14/h3-8,11-13,22H,9-10H2,1-2H3/t22-/m1/s1. The van der Waals surface area contributed by atoms with E-state index in [9.17, 15) is 9.18 Å². The minimum Gasteiger partial charge on any atom is -0.493 e. The van der Waals surface area contributed by atoms with Gasteiger partial charge in [-0.05, 0) is 59.5 Å². The molecular weight excluding hydrogens is 407 g/mol. The zero-order valence-electron chi connectivity index (χ0n) is 16.6. The van der Waals surface area contributed by atoms with Crippen LogP contribution in [-0.4, -0.2) is 36.6 Å². The molecule has 1 aliphatic rings. The van der Waals surface area contributed by atoms with Crippen molar-refractivity contribution in [3.05, 3.63) is 88.0 Å². The Morgan fingerprint density at radius 3 is 2.43 bits per heavy atom. The number of hydrogen-bond donors (Lipinski definition) is 0. The van der Waals surface area contributed by atoms with Gasteiger partial charge in [-0.15, -0.1) is 0 Å². The van der Waals surface area contributed by atoms with Crippen molar-refractivity contribution in [2.45, 2.75) is 12.5 Å². The van der Waals surface area contributed by atoms with Crippen LogP contribution in [0.3, 0.4) is 0 Å². The average molecular weight is 427 g/mol. The Hall–Kier alpha value is -3.12. The molecule has 3 aromatic rings. The molecule has 0 fully saturated rings. The fourth-order valence-electron chi connectivity index (χ4n) is 3.84. The number of methoxy groups -OCH3 is 2. The number of nitrogens with zero attached hydrogens (tertiary/aromatic N) is 2. The zero-order valence-corrected chi connectivity index (χ0v) is 17.3. The molecule has 4 rings (SSSR count). The van der Waals surface area contributed by atoms with Gasteiger partial charge in [-0.2, -0.15) is 0 Å². The molecule has 0 saturated heterocycles. The molecule has 1 aliphatic heterocycles. The lowest BCUT2D eigenvalue weighted by Gasteiger charge is -2.38. The Morgan fingerprint density at radius 1 is 1.10 bits per heavy atom. The summed E-state index contributed by atoms with van der Waals surface area (Å²) in [6.45, 7) is 0.492. The number of rotatable bonds is 4. The van der Waals surface area contributed by atoms with E-state index in [1.807, 2.05) is 12.1 Å². The average Bonchev–Trinajstić information content (AvgIpc) is 2.78. The number of halogens is 2. The van der Waals surface area contributed by atoms with Crippen molar-refractivity contribution in [3.63, 3.8) is 0 Å². The van der Waals surface area contributed by atoms with Crippen LogP contribution < -0.4 is 9.47 Å². The molecule has 7 heteroatoms. The number of pyridine rings is 1. The lowest BCUT2D eigenvalue weighted by atomic mass is 9.87. The number of ether oxygens (including phenoxy) is 2. The second-order valence-electron chi connectivity index (χ2n) is 6.98. The Kier molecular flexibility index (Phi) is 5.59. The van der Waals surface area contributed by atoms with Crippen molar-refractivity contribution in [1.82, 2.24) is 9.88 Å². The molecular formula is C23H20ClFN2O3. The molecule has 5 nitrogen and oxygen atoms in total. The predicted molar refractivity (Wildman–Crippen MR) is 112 cm³/mol. The minimum absolute atomic E-state index is 0.172. The van der Waals surface area contributed by atoms with Crippen LogP contribution in [0.4, 0.5) is 4.39 Å². The number of hydrogen-bond acceptors (Lipinski definition) is 4. The number of amides is 1. The lowest BCUT2D eigenvalue weighted by Crippen LogP contribution is -2.40. The molecule has 0 spiro atoms. The van der Waals surface area contributed by atoms with Gasteiger partial charge in [-0.3, -0.25) is 4.79 Å². The van der Waals surface area contributed by atoms with Crippen LogP contribution in [0.15, 0.2) is 54.7 Å². The van der Waals surface area contributed by atoms with E-state index in [4.69, 9.17) is 21.1 Å². The molecule has 1 aromatic heterocycles. The van der Waals surface area contributed by atoms with Crippen LogP contribution in [0.2, 0.25) is 5.15 Å². The molecule has 0 aliphatic carbocycles. The summed E-state index contributed by atoms with van der Waals surface area (Å²) in [6, 6.07) is 12.9. The second kappa shape index (κ2) is 8.32. The molecule has 0 radical (unpaired) electrons. The van der Waals surface area contributed by atoms with Gasteiger partial charge < -0.3 is 14.4 Å². The SMILES string of the molecule is COc1cc2c(cc1OC)[C@@H](c1ccc(F)cc1)N(C(=O)c1ccc(Cl)nc1)CC2. The molecule has 0 bridgehead atoms. The first-order valence-electron chi connectivity index (χ1n) is 9.44. The van der Waals surface area contributed by atoms with Gasteiger partial charge >= 0.3 is 0 Å². The van der Waals surface area contributed by atoms with Gasteiger partial charge in [-0.1, -0.05) is 23.7 Å². The van der Waals surface area contributed by atoms with Gasteiger partial charge in [0.05, 0.1) is 25.8 Å². The summed E-state index contributed by atoms with van der Waals surface area (Å²) in [5, 5.41) is 0.322. The molecule has 30 heavy (non-hydrogen) atoms. The van der Waals surface area contributed by atoms with E-state index in [2.05, 4.69) is 4.98 Å². The molecule has 1 amide bonds. The monoisotopic (exact) mass is 426 g/mol. The largest absolute Gasteiger partial charge is 0.493 e. The van der Waals surface area contributed by atoms with Gasteiger partial charge in [0.2, 0.25) is 0 Å². The maximum atomic E-state index is 13.6. The molecule has 2 heterocycles. The van der Waals surface area contributed by atoms with Crippen molar-refractivity contribution in [3.8, 4) is 11.5 Å². The minimum atomic E-state index is -0.405. The fraction of sp³-hybridized carbons (Fsp3) is 0.217. The third-order valence-electron chi connectivity index (χ3n) is 5.29. The summed E-state index contributed by atoms with van der Waals surface area (Å²) in [4.78, 5) is 19.2. The van der Waals surface area contributed by atoms with Crippen molar-refractivity contribution >= 4 is 17.5 Å². The maximum absolute atomic E-state index is 13.6. The first-order chi connectivity index (χ1) is 14.5. The Bertz CT molecular complexity index is 1070. The molecule has 0 saturated carbocycles. The van der Waals surface area contributed by atoms with E-state index >= 15 is 0 Å². The van der Waals surface area contributed by atoms with Gasteiger partial charge in [0.15, 0.2) is 11.5 Å². The third kappa shape index (κ3) is 3.71. The Morgan fingerprint density at radius 2 is 1.80 bits per heavy atom. The highest BCUT2D eigenvalue weighted by Gasteiger charge is 2.34. The van der Waals surface area contributed by atoms with E-state index in [1.54, 1.807) is 43.4 Å². The van der Waals surface area contributed by atoms with Gasteiger partial charge in [0, 0.05) is 12.7 Å². The van der Waals surface area contributed by atoms with Gasteiger partial charge in [0.1, 0.15) is 11.0 Å². The first-order valence-corrected chi connectivity index (χ1v) is 9.82. The summed E-state index contributed by atoms with van der Waals surface area (Å²) in [5.41, 5.74) is 3.22. The number of benzene rings is 2. The Balaban J connectivity index is 1.84. The van der Waals surface area contributed by atoms with Crippen LogP contribution in [0.5, 0.6) is 11.5 Å². The lowest BCUT2D eigenvalue weighted by molar-refractivity contribution is 0.0693. The van der Waals surface area contributed by atoms with E-state index in [0.717, 1.165) is 16.7 Å². The highest BCUT2D eigenvalue weighted by atomic mass is 35.5. The number of carbonyl (C=O) groups is 1. The quantitative estimate of drug-likeness (QED) is 0.568. The zero-order chi connectivity index (χ0) is 21.3. The highest BCUT2D eigenvalue weighted by Crippen LogP contribution is 2.41. The van der Waals surface area contributed by atoms with Crippen LogP contribution in [0.1, 0.15) is 33.1 Å². The fourth-order valence-corrected chi connectivity index (χ4v) is 3.95. The van der Waals surface area contributed by atoms with Crippen LogP contribution >= 0.6 is 11.6 Å². The Labute approximate surface area is 179 Å². The predicted octanol–water partition coefficient (Wildman–Crippen LogP) is 4.68. The van der Waals surface area contributed by atoms with Gasteiger partial charge in [-0.25, -0.2) is 9.37 Å². The topological polar surface area (TPSA) is 51.7 Å². The van der Waals surface area contributed by atoms with E-state index in [1.165, 1.54) is 18.3 Å². The van der Waals surface area contributed by atoms with Crippen molar-refractivity contribution < 1.29 is 18.7 Å². The molecule has 0 N–H and O–H groups in total. The van der Waals surface area contributed by atoms with E-state index in [-0.39, 0.29) is 11.7 Å². The van der Waals surface area contributed by atoms with E-state index < -0.39 is 6.04 Å². The first kappa shape index (κ1) is 20.2. The van der Waals surface area contributed by atoms with Crippen molar-refractivity contribution in [2.24, 2.45) is 0 Å². The van der Waals surface area contributed by atoms with Crippen LogP contribution in [0, 0.1) is 5.82 Å². The summed E-state index contributed by atoms with van der Waals surface area (Å²) in [6.07, 6.45) is 2.12. The smallest absolute Gasteiger partial charge is 0.256 e. The molecule has 1 atom stereocenters. The summed E-state index contributed by atoms with van der Waals surface area (Å²) in [5.74, 6) is 0.706. The second-order valence-corrected chi connectivity index (χ2v) is 7.37. The molecule has 0 unspecified atom stereocenters. The third-order valence-corrected chi connectivity index (χ3v) is 5.52. The maximum Gasteiger partial charge on any atom is 0.256 e. The normalized spacial score (nSPS) is 15.5. The van der Waals surface area contributed by atoms with Crippen molar-refractivity contribution in [1.29, 1.82) is 0 Å². The van der Waals surface area contributed by atoms with Crippen LogP contribution in [-0.2, 0) is 6.42 Å². The highest BCUT2D eigenvalue weighted by molar-refractivity contribution is 6.29. The summed E-state index contributed by atoms with van der Waals surface area (Å²) >= 11 is 5.87. The summed E-state index contributed by atoms with van der Waals surface area (Å²) in [7, 11) is 3.16. The number of aromatic nitrogens is 1. The number of fused-ring (bicyclic) bond motifs is 1. The molecule has 154 valence electrons. The van der Waals surface area contributed by atoms with E-state index in [0.29, 0.717) is 35.2 Å².